The largest absolute Gasteiger partial charge is 0.339 e. The third kappa shape index (κ3) is 3.37. The summed E-state index contributed by atoms with van der Waals surface area (Å²) in [5.41, 5.74) is 4.45. The van der Waals surface area contributed by atoms with Crippen LogP contribution in [0.25, 0.3) is 0 Å². The predicted octanol–water partition coefficient (Wildman–Crippen LogP) is 3.42. The van der Waals surface area contributed by atoms with Crippen LogP contribution in [0, 0.1) is 6.92 Å². The standard InChI is InChI=1S/C14H18ClN5/c1-3-5-11-17-12(8-13(18-11)20-16)19-14-9(2)6-4-7-10(14)15/h4,6-8H,3,5,16H2,1-2H3,(H2,17,18,19,20). The van der Waals surface area contributed by atoms with Gasteiger partial charge in [-0.15, -0.1) is 0 Å². The average Bonchev–Trinajstić information content (AvgIpc) is 2.43. The molecular weight excluding hydrogens is 274 g/mol. The van der Waals surface area contributed by atoms with Gasteiger partial charge in [0.1, 0.15) is 17.5 Å². The number of nitrogen functional groups attached to an aromatic ring is 1. The van der Waals surface area contributed by atoms with Crippen LogP contribution < -0.4 is 16.6 Å². The fourth-order valence-corrected chi connectivity index (χ4v) is 2.16. The van der Waals surface area contributed by atoms with Crippen LogP contribution in [0.1, 0.15) is 24.7 Å². The number of hydrogen-bond donors (Lipinski definition) is 3. The summed E-state index contributed by atoms with van der Waals surface area (Å²) in [6.45, 7) is 4.07. The van der Waals surface area contributed by atoms with Gasteiger partial charge in [-0.05, 0) is 25.0 Å². The summed E-state index contributed by atoms with van der Waals surface area (Å²) >= 11 is 6.21. The molecule has 4 N–H and O–H groups in total. The van der Waals surface area contributed by atoms with E-state index in [-0.39, 0.29) is 0 Å². The highest BCUT2D eigenvalue weighted by molar-refractivity contribution is 6.33. The maximum atomic E-state index is 6.21. The van der Waals surface area contributed by atoms with Gasteiger partial charge in [0.15, 0.2) is 0 Å². The minimum Gasteiger partial charge on any atom is -0.339 e. The van der Waals surface area contributed by atoms with Gasteiger partial charge in [-0.1, -0.05) is 30.7 Å². The Morgan fingerprint density at radius 3 is 2.65 bits per heavy atom. The third-order valence-electron chi connectivity index (χ3n) is 2.87. The highest BCUT2D eigenvalue weighted by Crippen LogP contribution is 2.28. The van der Waals surface area contributed by atoms with Crippen molar-refractivity contribution in [1.29, 1.82) is 0 Å². The summed E-state index contributed by atoms with van der Waals surface area (Å²) < 4.78 is 0. The lowest BCUT2D eigenvalue weighted by atomic mass is 10.2. The quantitative estimate of drug-likeness (QED) is 0.581. The number of benzene rings is 1. The molecule has 2 rings (SSSR count). The number of aryl methyl sites for hydroxylation is 2. The van der Waals surface area contributed by atoms with Crippen molar-refractivity contribution in [3.8, 4) is 0 Å². The van der Waals surface area contributed by atoms with E-state index in [2.05, 4.69) is 27.6 Å². The molecular formula is C14H18ClN5. The summed E-state index contributed by atoms with van der Waals surface area (Å²) in [5.74, 6) is 7.44. The van der Waals surface area contributed by atoms with E-state index in [0.717, 1.165) is 29.9 Å². The van der Waals surface area contributed by atoms with Gasteiger partial charge in [-0.3, -0.25) is 0 Å². The molecule has 1 aromatic carbocycles. The topological polar surface area (TPSA) is 75.9 Å². The third-order valence-corrected chi connectivity index (χ3v) is 3.18. The van der Waals surface area contributed by atoms with Gasteiger partial charge in [0.05, 0.1) is 10.7 Å². The van der Waals surface area contributed by atoms with Gasteiger partial charge >= 0.3 is 0 Å². The number of anilines is 3. The molecule has 20 heavy (non-hydrogen) atoms. The lowest BCUT2D eigenvalue weighted by molar-refractivity contribution is 0.837. The zero-order valence-electron chi connectivity index (χ0n) is 11.6. The van der Waals surface area contributed by atoms with Crippen LogP contribution in [0.4, 0.5) is 17.3 Å². The number of hydrazine groups is 1. The van der Waals surface area contributed by atoms with Crippen molar-refractivity contribution in [2.75, 3.05) is 10.7 Å². The molecule has 0 aliphatic heterocycles. The zero-order chi connectivity index (χ0) is 14.5. The number of nitrogens with two attached hydrogens (primary N) is 1. The number of para-hydroxylation sites is 1. The van der Waals surface area contributed by atoms with Crippen LogP contribution in [0.3, 0.4) is 0 Å². The Balaban J connectivity index is 2.35. The molecule has 0 amide bonds. The van der Waals surface area contributed by atoms with Gasteiger partial charge in [0.2, 0.25) is 0 Å². The number of rotatable bonds is 5. The molecule has 0 radical (unpaired) electrons. The van der Waals surface area contributed by atoms with Gasteiger partial charge in [-0.2, -0.15) is 0 Å². The molecule has 0 fully saturated rings. The van der Waals surface area contributed by atoms with Crippen molar-refractivity contribution in [3.05, 3.63) is 40.7 Å². The highest BCUT2D eigenvalue weighted by atomic mass is 35.5. The van der Waals surface area contributed by atoms with Crippen molar-refractivity contribution in [2.45, 2.75) is 26.7 Å². The number of nitrogens with one attached hydrogen (secondary N) is 2. The highest BCUT2D eigenvalue weighted by Gasteiger charge is 2.08. The fraction of sp³-hybridized carbons (Fsp3) is 0.286. The molecule has 5 nitrogen and oxygen atoms in total. The van der Waals surface area contributed by atoms with E-state index in [1.165, 1.54) is 0 Å². The van der Waals surface area contributed by atoms with Crippen LogP contribution in [0.5, 0.6) is 0 Å². The van der Waals surface area contributed by atoms with Crippen LogP contribution in [-0.2, 0) is 6.42 Å². The summed E-state index contributed by atoms with van der Waals surface area (Å²) in [5, 5.41) is 3.89. The Kier molecular flexibility index (Phi) is 4.76. The van der Waals surface area contributed by atoms with Crippen molar-refractivity contribution in [1.82, 2.24) is 9.97 Å². The average molecular weight is 292 g/mol. The second-order valence-electron chi connectivity index (χ2n) is 4.51. The normalized spacial score (nSPS) is 10.4. The first-order valence-corrected chi connectivity index (χ1v) is 6.88. The molecule has 0 aliphatic rings. The van der Waals surface area contributed by atoms with E-state index < -0.39 is 0 Å². The number of hydrogen-bond acceptors (Lipinski definition) is 5. The molecule has 0 unspecified atom stereocenters. The Morgan fingerprint density at radius 2 is 2.00 bits per heavy atom. The second kappa shape index (κ2) is 6.54. The molecule has 0 saturated heterocycles. The zero-order valence-corrected chi connectivity index (χ0v) is 12.3. The monoisotopic (exact) mass is 291 g/mol. The fourth-order valence-electron chi connectivity index (χ4n) is 1.89. The summed E-state index contributed by atoms with van der Waals surface area (Å²) in [6, 6.07) is 7.50. The van der Waals surface area contributed by atoms with E-state index >= 15 is 0 Å². The van der Waals surface area contributed by atoms with Gasteiger partial charge < -0.3 is 10.7 Å². The maximum Gasteiger partial charge on any atom is 0.145 e. The Hall–Kier alpha value is -1.85. The van der Waals surface area contributed by atoms with Crippen molar-refractivity contribution >= 4 is 28.9 Å². The lowest BCUT2D eigenvalue weighted by Crippen LogP contribution is -2.11. The molecule has 0 saturated carbocycles. The smallest absolute Gasteiger partial charge is 0.145 e. The predicted molar refractivity (Wildman–Crippen MR) is 83.3 cm³/mol. The van der Waals surface area contributed by atoms with Crippen molar-refractivity contribution in [2.24, 2.45) is 5.84 Å². The summed E-state index contributed by atoms with van der Waals surface area (Å²) in [7, 11) is 0. The van der Waals surface area contributed by atoms with Crippen LogP contribution >= 0.6 is 11.6 Å². The van der Waals surface area contributed by atoms with Gasteiger partial charge in [0, 0.05) is 12.5 Å². The maximum absolute atomic E-state index is 6.21. The number of aromatic nitrogens is 2. The first-order valence-electron chi connectivity index (χ1n) is 6.50. The first kappa shape index (κ1) is 14.6. The summed E-state index contributed by atoms with van der Waals surface area (Å²) in [6.07, 6.45) is 1.77. The molecule has 1 heterocycles. The molecule has 0 atom stereocenters. The minimum absolute atomic E-state index is 0.579. The van der Waals surface area contributed by atoms with E-state index in [1.807, 2.05) is 25.1 Å². The molecule has 0 bridgehead atoms. The van der Waals surface area contributed by atoms with Crippen LogP contribution in [0.15, 0.2) is 24.3 Å². The molecule has 0 aliphatic carbocycles. The van der Waals surface area contributed by atoms with Crippen molar-refractivity contribution < 1.29 is 0 Å². The Labute approximate surface area is 123 Å². The van der Waals surface area contributed by atoms with Gasteiger partial charge in [-0.25, -0.2) is 15.8 Å². The molecule has 106 valence electrons. The number of halogens is 1. The first-order chi connectivity index (χ1) is 9.63. The Morgan fingerprint density at radius 1 is 1.25 bits per heavy atom. The van der Waals surface area contributed by atoms with Crippen LogP contribution in [-0.4, -0.2) is 9.97 Å². The molecule has 2 aromatic rings. The summed E-state index contributed by atoms with van der Waals surface area (Å²) in [4.78, 5) is 8.78. The van der Waals surface area contributed by atoms with Gasteiger partial charge in [0.25, 0.3) is 0 Å². The van der Waals surface area contributed by atoms with Crippen molar-refractivity contribution in [3.63, 3.8) is 0 Å². The lowest BCUT2D eigenvalue weighted by Gasteiger charge is -2.12. The minimum atomic E-state index is 0.579. The van der Waals surface area contributed by atoms with E-state index in [1.54, 1.807) is 6.07 Å². The number of nitrogens with zero attached hydrogens (tertiary/aromatic N) is 2. The SMILES string of the molecule is CCCc1nc(NN)cc(Nc2c(C)cccc2Cl)n1. The molecule has 6 heteroatoms. The molecule has 1 aromatic heterocycles. The van der Waals surface area contributed by atoms with Crippen LogP contribution in [0.2, 0.25) is 5.02 Å². The second-order valence-corrected chi connectivity index (χ2v) is 4.91. The van der Waals surface area contributed by atoms with E-state index in [0.29, 0.717) is 16.7 Å². The van der Waals surface area contributed by atoms with E-state index in [4.69, 9.17) is 17.4 Å². The Bertz CT molecular complexity index is 580. The molecule has 0 spiro atoms. The van der Waals surface area contributed by atoms with E-state index in [9.17, 15) is 0 Å².